The van der Waals surface area contributed by atoms with Gasteiger partial charge in [0.15, 0.2) is 5.82 Å². The van der Waals surface area contributed by atoms with Gasteiger partial charge in [0.2, 0.25) is 0 Å². The highest BCUT2D eigenvalue weighted by Gasteiger charge is 2.38. The van der Waals surface area contributed by atoms with Crippen LogP contribution in [-0.2, 0) is 22.7 Å². The number of carboxylic acids is 1. The highest BCUT2D eigenvalue weighted by atomic mass is 16.5. The van der Waals surface area contributed by atoms with Crippen molar-refractivity contribution in [2.45, 2.75) is 19.1 Å². The maximum atomic E-state index is 11.8. The molecule has 1 N–H and O–H groups in total. The van der Waals surface area contributed by atoms with Crippen LogP contribution in [0.15, 0.2) is 36.7 Å². The van der Waals surface area contributed by atoms with Crippen LogP contribution in [-0.4, -0.2) is 53.3 Å². The molecule has 0 radical (unpaired) electrons. The van der Waals surface area contributed by atoms with Gasteiger partial charge in [-0.1, -0.05) is 12.1 Å². The number of hydrogen-bond donors (Lipinski definition) is 1. The average molecular weight is 357 g/mol. The number of aromatic nitrogens is 2. The van der Waals surface area contributed by atoms with Gasteiger partial charge in [0.05, 0.1) is 13.0 Å². The first-order valence-corrected chi connectivity index (χ1v) is 8.48. The van der Waals surface area contributed by atoms with Crippen LogP contribution in [0, 0.1) is 5.92 Å². The van der Waals surface area contributed by atoms with Crippen molar-refractivity contribution in [2.75, 3.05) is 27.3 Å². The molecule has 0 bridgehead atoms. The van der Waals surface area contributed by atoms with E-state index in [9.17, 15) is 9.90 Å². The van der Waals surface area contributed by atoms with Gasteiger partial charge >= 0.3 is 5.97 Å². The minimum Gasteiger partial charge on any atom is -0.497 e. The molecule has 0 saturated carbocycles. The second-order valence-electron chi connectivity index (χ2n) is 6.46. The summed E-state index contributed by atoms with van der Waals surface area (Å²) >= 11 is 0. The standard InChI is InChI=1S/C19H23N3O4/c1-25-12-18-20-7-13(8-21-18)9-22-10-16(17(11-22)19(23)24)14-4-3-5-15(6-14)26-2/h3-8,16-17H,9-12H2,1-2H3,(H,23,24)/t16-,17+/m1/s1. The topological polar surface area (TPSA) is 84.8 Å². The number of ether oxygens (including phenoxy) is 2. The Labute approximate surface area is 152 Å². The number of methoxy groups -OCH3 is 2. The van der Waals surface area contributed by atoms with E-state index in [0.717, 1.165) is 16.9 Å². The van der Waals surface area contributed by atoms with Gasteiger partial charge in [0.25, 0.3) is 0 Å². The first-order valence-electron chi connectivity index (χ1n) is 8.48. The summed E-state index contributed by atoms with van der Waals surface area (Å²) in [6.07, 6.45) is 3.55. The molecule has 1 aliphatic heterocycles. The Morgan fingerprint density at radius 2 is 2.04 bits per heavy atom. The fourth-order valence-corrected chi connectivity index (χ4v) is 3.40. The van der Waals surface area contributed by atoms with E-state index in [-0.39, 0.29) is 5.92 Å². The predicted molar refractivity (Wildman–Crippen MR) is 94.9 cm³/mol. The van der Waals surface area contributed by atoms with Gasteiger partial charge in [-0.15, -0.1) is 0 Å². The lowest BCUT2D eigenvalue weighted by molar-refractivity contribution is -0.141. The zero-order valence-electron chi connectivity index (χ0n) is 15.0. The molecule has 0 unspecified atom stereocenters. The van der Waals surface area contributed by atoms with Gasteiger partial charge in [-0.05, 0) is 17.7 Å². The summed E-state index contributed by atoms with van der Waals surface area (Å²) in [7, 11) is 3.22. The van der Waals surface area contributed by atoms with Crippen molar-refractivity contribution < 1.29 is 19.4 Å². The van der Waals surface area contributed by atoms with E-state index in [1.165, 1.54) is 0 Å². The summed E-state index contributed by atoms with van der Waals surface area (Å²) in [5.41, 5.74) is 1.95. The fraction of sp³-hybridized carbons (Fsp3) is 0.421. The summed E-state index contributed by atoms with van der Waals surface area (Å²) < 4.78 is 10.3. The molecule has 1 aromatic carbocycles. The molecule has 1 saturated heterocycles. The van der Waals surface area contributed by atoms with Gasteiger partial charge in [-0.25, -0.2) is 9.97 Å². The maximum absolute atomic E-state index is 11.8. The predicted octanol–water partition coefficient (Wildman–Crippen LogP) is 1.93. The molecule has 0 spiro atoms. The first-order chi connectivity index (χ1) is 12.6. The molecular weight excluding hydrogens is 334 g/mol. The molecule has 26 heavy (non-hydrogen) atoms. The molecule has 138 valence electrons. The number of likely N-dealkylation sites (tertiary alicyclic amines) is 1. The Bertz CT molecular complexity index is 751. The third kappa shape index (κ3) is 4.17. The van der Waals surface area contributed by atoms with Crippen molar-refractivity contribution in [3.05, 3.63) is 53.6 Å². The highest BCUT2D eigenvalue weighted by molar-refractivity contribution is 5.72. The van der Waals surface area contributed by atoms with Crippen LogP contribution in [0.2, 0.25) is 0 Å². The zero-order valence-corrected chi connectivity index (χ0v) is 15.0. The Hall–Kier alpha value is -2.51. The summed E-state index contributed by atoms with van der Waals surface area (Å²) in [6.45, 7) is 2.17. The van der Waals surface area contributed by atoms with Crippen molar-refractivity contribution in [3.8, 4) is 5.75 Å². The SMILES string of the molecule is COCc1ncc(CN2C[C@H](C(=O)O)[C@@H](c3cccc(OC)c3)C2)cn1. The van der Waals surface area contributed by atoms with Crippen LogP contribution >= 0.6 is 0 Å². The molecule has 1 aromatic heterocycles. The van der Waals surface area contributed by atoms with Gasteiger partial charge in [0.1, 0.15) is 12.4 Å². The van der Waals surface area contributed by atoms with Crippen molar-refractivity contribution in [1.29, 1.82) is 0 Å². The molecule has 1 aliphatic rings. The first kappa shape index (κ1) is 18.3. The second kappa shape index (κ2) is 8.25. The molecule has 2 heterocycles. The number of carboxylic acid groups (broad SMARTS) is 1. The van der Waals surface area contributed by atoms with E-state index in [1.807, 2.05) is 24.3 Å². The summed E-state index contributed by atoms with van der Waals surface area (Å²) in [6, 6.07) is 7.66. The Morgan fingerprint density at radius 3 is 2.69 bits per heavy atom. The van der Waals surface area contributed by atoms with E-state index in [2.05, 4.69) is 14.9 Å². The van der Waals surface area contributed by atoms with E-state index in [1.54, 1.807) is 26.6 Å². The van der Waals surface area contributed by atoms with Crippen molar-refractivity contribution >= 4 is 5.97 Å². The lowest BCUT2D eigenvalue weighted by atomic mass is 9.89. The number of aliphatic carboxylic acids is 1. The van der Waals surface area contributed by atoms with E-state index in [0.29, 0.717) is 32.1 Å². The summed E-state index contributed by atoms with van der Waals surface area (Å²) in [5.74, 6) is 0.0849. The monoisotopic (exact) mass is 357 g/mol. The quantitative estimate of drug-likeness (QED) is 0.810. The molecule has 2 atom stereocenters. The Morgan fingerprint density at radius 1 is 1.27 bits per heavy atom. The largest absolute Gasteiger partial charge is 0.497 e. The number of benzene rings is 1. The normalized spacial score (nSPS) is 20.2. The lowest BCUT2D eigenvalue weighted by Crippen LogP contribution is -2.23. The van der Waals surface area contributed by atoms with Crippen molar-refractivity contribution in [3.63, 3.8) is 0 Å². The van der Waals surface area contributed by atoms with Gasteiger partial charge in [0, 0.05) is 50.6 Å². The zero-order chi connectivity index (χ0) is 18.5. The Balaban J connectivity index is 1.73. The number of hydrogen-bond acceptors (Lipinski definition) is 6. The number of nitrogens with zero attached hydrogens (tertiary/aromatic N) is 3. The van der Waals surface area contributed by atoms with E-state index >= 15 is 0 Å². The molecule has 7 heteroatoms. The van der Waals surface area contributed by atoms with Crippen LogP contribution in [0.5, 0.6) is 5.75 Å². The lowest BCUT2D eigenvalue weighted by Gasteiger charge is -2.16. The van der Waals surface area contributed by atoms with Crippen LogP contribution in [0.4, 0.5) is 0 Å². The van der Waals surface area contributed by atoms with Gasteiger partial charge in [-0.3, -0.25) is 9.69 Å². The van der Waals surface area contributed by atoms with Crippen molar-refractivity contribution in [1.82, 2.24) is 14.9 Å². The van der Waals surface area contributed by atoms with E-state index < -0.39 is 11.9 Å². The summed E-state index contributed by atoms with van der Waals surface area (Å²) in [5, 5.41) is 9.65. The molecule has 2 aromatic rings. The molecule has 0 amide bonds. The molecular formula is C19H23N3O4. The fourth-order valence-electron chi connectivity index (χ4n) is 3.40. The molecule has 3 rings (SSSR count). The molecule has 1 fully saturated rings. The van der Waals surface area contributed by atoms with E-state index in [4.69, 9.17) is 9.47 Å². The highest BCUT2D eigenvalue weighted by Crippen LogP contribution is 2.35. The van der Waals surface area contributed by atoms with Gasteiger partial charge < -0.3 is 14.6 Å². The van der Waals surface area contributed by atoms with Crippen LogP contribution in [0.25, 0.3) is 0 Å². The third-order valence-electron chi connectivity index (χ3n) is 4.67. The van der Waals surface area contributed by atoms with Crippen LogP contribution < -0.4 is 4.74 Å². The maximum Gasteiger partial charge on any atom is 0.308 e. The van der Waals surface area contributed by atoms with Crippen molar-refractivity contribution in [2.24, 2.45) is 5.92 Å². The molecule has 0 aliphatic carbocycles. The van der Waals surface area contributed by atoms with Gasteiger partial charge in [-0.2, -0.15) is 0 Å². The smallest absolute Gasteiger partial charge is 0.308 e. The minimum atomic E-state index is -0.771. The van der Waals surface area contributed by atoms with Crippen LogP contribution in [0.3, 0.4) is 0 Å². The Kier molecular flexibility index (Phi) is 5.80. The minimum absolute atomic E-state index is 0.0729. The number of rotatable bonds is 7. The number of carbonyl (C=O) groups is 1. The summed E-state index contributed by atoms with van der Waals surface area (Å²) in [4.78, 5) is 22.4. The average Bonchev–Trinajstić information content (AvgIpc) is 3.08. The third-order valence-corrected chi connectivity index (χ3v) is 4.67. The second-order valence-corrected chi connectivity index (χ2v) is 6.46. The van der Waals surface area contributed by atoms with Crippen LogP contribution in [0.1, 0.15) is 22.9 Å². The molecule has 7 nitrogen and oxygen atoms in total.